The van der Waals surface area contributed by atoms with Crippen molar-refractivity contribution in [3.8, 4) is 5.75 Å². The van der Waals surface area contributed by atoms with E-state index in [1.165, 1.54) is 0 Å². The predicted molar refractivity (Wildman–Crippen MR) is 66.9 cm³/mol. The summed E-state index contributed by atoms with van der Waals surface area (Å²) in [6.45, 7) is 5.06. The van der Waals surface area contributed by atoms with Crippen molar-refractivity contribution in [1.82, 2.24) is 5.32 Å². The summed E-state index contributed by atoms with van der Waals surface area (Å²) in [5, 5.41) is 3.44. The minimum Gasteiger partial charge on any atom is -0.496 e. The lowest BCUT2D eigenvalue weighted by molar-refractivity contribution is 0.393. The van der Waals surface area contributed by atoms with Crippen LogP contribution < -0.4 is 10.1 Å². The van der Waals surface area contributed by atoms with E-state index in [0.717, 1.165) is 24.9 Å². The molecule has 1 heterocycles. The Hall–Kier alpha value is -1.09. The lowest BCUT2D eigenvalue weighted by Gasteiger charge is -2.26. The first-order valence-electron chi connectivity index (χ1n) is 6.22. The third-order valence-corrected chi connectivity index (χ3v) is 3.73. The molecule has 0 aliphatic carbocycles. The zero-order valence-corrected chi connectivity index (χ0v) is 10.8. The highest BCUT2D eigenvalue weighted by Crippen LogP contribution is 2.34. The summed E-state index contributed by atoms with van der Waals surface area (Å²) in [4.78, 5) is 0. The number of hydrogen-bond acceptors (Lipinski definition) is 2. The number of ether oxygens (including phenoxy) is 1. The molecule has 1 N–H and O–H groups in total. The number of hydrogen-bond donors (Lipinski definition) is 1. The second-order valence-electron chi connectivity index (χ2n) is 4.85. The maximum atomic E-state index is 14.0. The smallest absolute Gasteiger partial charge is 0.130 e. The van der Waals surface area contributed by atoms with E-state index in [1.807, 2.05) is 13.0 Å². The molecule has 1 saturated heterocycles. The molecular weight excluding hydrogens is 217 g/mol. The fourth-order valence-corrected chi connectivity index (χ4v) is 2.60. The van der Waals surface area contributed by atoms with Gasteiger partial charge in [0.1, 0.15) is 11.6 Å². The van der Waals surface area contributed by atoms with E-state index in [2.05, 4.69) is 12.2 Å². The normalized spacial score (nSPS) is 24.0. The summed E-state index contributed by atoms with van der Waals surface area (Å²) >= 11 is 0. The topological polar surface area (TPSA) is 21.3 Å². The number of rotatable bonds is 3. The Bertz CT molecular complexity index is 411. The number of methoxy groups -OCH3 is 1. The van der Waals surface area contributed by atoms with Gasteiger partial charge in [-0.1, -0.05) is 6.92 Å². The lowest BCUT2D eigenvalue weighted by Crippen LogP contribution is -2.33. The molecule has 0 bridgehead atoms. The highest BCUT2D eigenvalue weighted by molar-refractivity contribution is 5.41. The summed E-state index contributed by atoms with van der Waals surface area (Å²) < 4.78 is 19.3. The molecule has 1 aliphatic rings. The molecule has 0 spiro atoms. The molecule has 1 atom stereocenters. The minimum absolute atomic E-state index is 0.111. The lowest BCUT2D eigenvalue weighted by atomic mass is 9.89. The van der Waals surface area contributed by atoms with Gasteiger partial charge in [-0.15, -0.1) is 0 Å². The van der Waals surface area contributed by atoms with E-state index in [0.29, 0.717) is 17.7 Å². The van der Waals surface area contributed by atoms with Gasteiger partial charge >= 0.3 is 0 Å². The van der Waals surface area contributed by atoms with Crippen LogP contribution in [0.5, 0.6) is 5.75 Å². The summed E-state index contributed by atoms with van der Waals surface area (Å²) in [5.41, 5.74) is 1.54. The highest BCUT2D eigenvalue weighted by atomic mass is 19.1. The van der Waals surface area contributed by atoms with Crippen LogP contribution in [-0.4, -0.2) is 13.7 Å². The first kappa shape index (κ1) is 12.4. The van der Waals surface area contributed by atoms with Crippen LogP contribution in [0.2, 0.25) is 0 Å². The Morgan fingerprint density at radius 1 is 1.47 bits per heavy atom. The maximum absolute atomic E-state index is 14.0. The molecule has 94 valence electrons. The van der Waals surface area contributed by atoms with E-state index in [4.69, 9.17) is 4.74 Å². The molecule has 1 unspecified atom stereocenters. The number of halogens is 1. The van der Waals surface area contributed by atoms with Crippen LogP contribution in [0.25, 0.3) is 0 Å². The Morgan fingerprint density at radius 2 is 2.24 bits per heavy atom. The van der Waals surface area contributed by atoms with Crippen molar-refractivity contribution in [1.29, 1.82) is 0 Å². The van der Waals surface area contributed by atoms with Gasteiger partial charge in [0.2, 0.25) is 0 Å². The van der Waals surface area contributed by atoms with Gasteiger partial charge in [0.15, 0.2) is 0 Å². The standard InChI is InChI=1S/C14H20FNO/c1-4-11-12(15)8-10(9-13(11)17-3)14(2)6-5-7-16-14/h8-9,16H,4-7H2,1-3H3. The zero-order valence-electron chi connectivity index (χ0n) is 10.8. The van der Waals surface area contributed by atoms with Crippen LogP contribution in [0.3, 0.4) is 0 Å². The van der Waals surface area contributed by atoms with E-state index in [9.17, 15) is 4.39 Å². The molecule has 1 fully saturated rings. The van der Waals surface area contributed by atoms with Gasteiger partial charge in [-0.3, -0.25) is 0 Å². The molecule has 0 saturated carbocycles. The highest BCUT2D eigenvalue weighted by Gasteiger charge is 2.31. The predicted octanol–water partition coefficient (Wildman–Crippen LogP) is 3.00. The molecule has 0 radical (unpaired) electrons. The van der Waals surface area contributed by atoms with Gasteiger partial charge in [-0.05, 0) is 50.4 Å². The number of benzene rings is 1. The summed E-state index contributed by atoms with van der Waals surface area (Å²) in [5.74, 6) is 0.509. The van der Waals surface area contributed by atoms with Crippen LogP contribution in [0.4, 0.5) is 4.39 Å². The Kier molecular flexibility index (Phi) is 3.38. The van der Waals surface area contributed by atoms with Crippen molar-refractivity contribution < 1.29 is 9.13 Å². The van der Waals surface area contributed by atoms with Crippen molar-refractivity contribution in [2.45, 2.75) is 38.6 Å². The minimum atomic E-state index is -0.156. The van der Waals surface area contributed by atoms with Crippen LogP contribution in [0.15, 0.2) is 12.1 Å². The summed E-state index contributed by atoms with van der Waals surface area (Å²) in [7, 11) is 1.60. The largest absolute Gasteiger partial charge is 0.496 e. The molecular formula is C14H20FNO. The van der Waals surface area contributed by atoms with Gasteiger partial charge in [0.05, 0.1) is 7.11 Å². The van der Waals surface area contributed by atoms with E-state index >= 15 is 0 Å². The second kappa shape index (κ2) is 4.65. The van der Waals surface area contributed by atoms with Crippen LogP contribution in [0.1, 0.15) is 37.8 Å². The molecule has 0 amide bonds. The molecule has 3 heteroatoms. The van der Waals surface area contributed by atoms with Gasteiger partial charge in [0.25, 0.3) is 0 Å². The second-order valence-corrected chi connectivity index (χ2v) is 4.85. The molecule has 1 aromatic rings. The van der Waals surface area contributed by atoms with Crippen molar-refractivity contribution >= 4 is 0 Å². The maximum Gasteiger partial charge on any atom is 0.130 e. The summed E-state index contributed by atoms with van der Waals surface area (Å²) in [6, 6.07) is 3.62. The third-order valence-electron chi connectivity index (χ3n) is 3.73. The summed E-state index contributed by atoms with van der Waals surface area (Å²) in [6.07, 6.45) is 2.83. The van der Waals surface area contributed by atoms with Gasteiger partial charge in [-0.2, -0.15) is 0 Å². The van der Waals surface area contributed by atoms with E-state index in [-0.39, 0.29) is 11.4 Å². The molecule has 1 aliphatic heterocycles. The Labute approximate surface area is 102 Å². The first-order chi connectivity index (χ1) is 8.10. The average Bonchev–Trinajstić information content (AvgIpc) is 2.76. The van der Waals surface area contributed by atoms with Crippen molar-refractivity contribution in [2.75, 3.05) is 13.7 Å². The molecule has 1 aromatic carbocycles. The Morgan fingerprint density at radius 3 is 2.76 bits per heavy atom. The van der Waals surface area contributed by atoms with Crippen molar-refractivity contribution in [3.63, 3.8) is 0 Å². The first-order valence-corrected chi connectivity index (χ1v) is 6.22. The van der Waals surface area contributed by atoms with Crippen molar-refractivity contribution in [3.05, 3.63) is 29.1 Å². The molecule has 2 rings (SSSR count). The molecule has 0 aromatic heterocycles. The van der Waals surface area contributed by atoms with Gasteiger partial charge in [-0.25, -0.2) is 4.39 Å². The SMILES string of the molecule is CCc1c(F)cc(C2(C)CCCN2)cc1OC. The van der Waals surface area contributed by atoms with Crippen LogP contribution in [0, 0.1) is 5.82 Å². The van der Waals surface area contributed by atoms with E-state index in [1.54, 1.807) is 13.2 Å². The Balaban J connectivity index is 2.46. The van der Waals surface area contributed by atoms with Gasteiger partial charge < -0.3 is 10.1 Å². The quantitative estimate of drug-likeness (QED) is 0.872. The van der Waals surface area contributed by atoms with Crippen LogP contribution >= 0.6 is 0 Å². The average molecular weight is 237 g/mol. The molecule has 2 nitrogen and oxygen atoms in total. The van der Waals surface area contributed by atoms with Gasteiger partial charge in [0, 0.05) is 11.1 Å². The zero-order chi connectivity index (χ0) is 12.5. The van der Waals surface area contributed by atoms with Crippen LogP contribution in [-0.2, 0) is 12.0 Å². The van der Waals surface area contributed by atoms with E-state index < -0.39 is 0 Å². The molecule has 17 heavy (non-hydrogen) atoms. The van der Waals surface area contributed by atoms with Crippen molar-refractivity contribution in [2.24, 2.45) is 0 Å². The number of nitrogens with one attached hydrogen (secondary N) is 1. The third kappa shape index (κ3) is 2.16. The monoisotopic (exact) mass is 237 g/mol. The fraction of sp³-hybridized carbons (Fsp3) is 0.571. The fourth-order valence-electron chi connectivity index (χ4n) is 2.60.